The summed E-state index contributed by atoms with van der Waals surface area (Å²) in [5, 5.41) is 7.81. The fourth-order valence-electron chi connectivity index (χ4n) is 4.06. The Morgan fingerprint density at radius 1 is 1.24 bits per heavy atom. The predicted octanol–water partition coefficient (Wildman–Crippen LogP) is 3.41. The number of benzene rings is 1. The van der Waals surface area contributed by atoms with Gasteiger partial charge >= 0.3 is 0 Å². The van der Waals surface area contributed by atoms with Crippen LogP contribution in [-0.4, -0.2) is 38.6 Å². The number of amides is 1. The number of hydrogen-bond donors (Lipinski definition) is 1. The van der Waals surface area contributed by atoms with Gasteiger partial charge in [-0.2, -0.15) is 4.98 Å². The first-order chi connectivity index (χ1) is 14.0. The van der Waals surface area contributed by atoms with Crippen LogP contribution < -0.4 is 10.1 Å². The zero-order chi connectivity index (χ0) is 20.4. The van der Waals surface area contributed by atoms with Crippen molar-refractivity contribution in [2.75, 3.05) is 7.11 Å². The van der Waals surface area contributed by atoms with Crippen molar-refractivity contribution in [1.82, 2.24) is 24.9 Å². The number of nitrogens with zero attached hydrogens (tertiary/aromatic N) is 4. The molecule has 0 spiro atoms. The molecule has 0 atom stereocenters. The minimum atomic E-state index is 0.117. The molecular formula is C22H27N5O2. The van der Waals surface area contributed by atoms with Gasteiger partial charge in [0.25, 0.3) is 5.78 Å². The summed E-state index contributed by atoms with van der Waals surface area (Å²) in [5.41, 5.74) is 3.81. The molecular weight excluding hydrogens is 366 g/mol. The summed E-state index contributed by atoms with van der Waals surface area (Å²) >= 11 is 0. The van der Waals surface area contributed by atoms with Crippen LogP contribution in [-0.2, 0) is 11.2 Å². The topological polar surface area (TPSA) is 81.4 Å². The van der Waals surface area contributed by atoms with Gasteiger partial charge in [-0.1, -0.05) is 25.0 Å². The lowest BCUT2D eigenvalue weighted by molar-refractivity contribution is -0.121. The molecule has 4 rings (SSSR count). The van der Waals surface area contributed by atoms with Crippen LogP contribution in [0.1, 0.15) is 49.1 Å². The molecule has 1 aliphatic rings. The Morgan fingerprint density at radius 3 is 2.79 bits per heavy atom. The Morgan fingerprint density at radius 2 is 2.03 bits per heavy atom. The number of nitrogens with one attached hydrogen (secondary N) is 1. The van der Waals surface area contributed by atoms with E-state index in [0.29, 0.717) is 30.5 Å². The maximum atomic E-state index is 12.3. The third-order valence-corrected chi connectivity index (χ3v) is 5.70. The number of rotatable bonds is 6. The highest BCUT2D eigenvalue weighted by molar-refractivity contribution is 5.76. The Labute approximate surface area is 170 Å². The van der Waals surface area contributed by atoms with Crippen LogP contribution >= 0.6 is 0 Å². The maximum Gasteiger partial charge on any atom is 0.253 e. The third-order valence-electron chi connectivity index (χ3n) is 5.70. The lowest BCUT2D eigenvalue weighted by Gasteiger charge is -2.13. The van der Waals surface area contributed by atoms with E-state index in [0.717, 1.165) is 41.1 Å². The number of methoxy groups -OCH3 is 1. The van der Waals surface area contributed by atoms with Crippen molar-refractivity contribution in [3.05, 3.63) is 41.2 Å². The van der Waals surface area contributed by atoms with Gasteiger partial charge in [-0.3, -0.25) is 4.79 Å². The molecule has 0 bridgehead atoms. The molecule has 1 aliphatic carbocycles. The van der Waals surface area contributed by atoms with Crippen molar-refractivity contribution in [3.8, 4) is 17.1 Å². The van der Waals surface area contributed by atoms with E-state index in [1.165, 1.54) is 12.8 Å². The van der Waals surface area contributed by atoms with Gasteiger partial charge < -0.3 is 10.1 Å². The van der Waals surface area contributed by atoms with E-state index in [4.69, 9.17) is 4.74 Å². The summed E-state index contributed by atoms with van der Waals surface area (Å²) in [6, 6.07) is 8.02. The molecule has 0 aliphatic heterocycles. The molecule has 1 amide bonds. The van der Waals surface area contributed by atoms with Gasteiger partial charge in [-0.15, -0.1) is 5.10 Å². The van der Waals surface area contributed by atoms with E-state index in [2.05, 4.69) is 20.4 Å². The largest absolute Gasteiger partial charge is 0.497 e. The number of carbonyl (C=O) groups is 1. The molecule has 152 valence electrons. The number of aromatic nitrogens is 4. The first-order valence-electron chi connectivity index (χ1n) is 10.2. The summed E-state index contributed by atoms with van der Waals surface area (Å²) in [6.07, 6.45) is 5.74. The normalized spacial score (nSPS) is 14.4. The van der Waals surface area contributed by atoms with Gasteiger partial charge in [0, 0.05) is 29.4 Å². The second-order valence-corrected chi connectivity index (χ2v) is 7.69. The van der Waals surface area contributed by atoms with E-state index in [1.807, 2.05) is 38.1 Å². The van der Waals surface area contributed by atoms with Crippen LogP contribution in [0.3, 0.4) is 0 Å². The summed E-state index contributed by atoms with van der Waals surface area (Å²) in [5.74, 6) is 2.05. The number of aryl methyl sites for hydroxylation is 2. The van der Waals surface area contributed by atoms with E-state index < -0.39 is 0 Å². The fourth-order valence-corrected chi connectivity index (χ4v) is 4.06. The van der Waals surface area contributed by atoms with Crippen LogP contribution in [0.4, 0.5) is 0 Å². The molecule has 2 aromatic heterocycles. The highest BCUT2D eigenvalue weighted by Crippen LogP contribution is 2.23. The molecule has 0 radical (unpaired) electrons. The van der Waals surface area contributed by atoms with Crippen LogP contribution in [0.15, 0.2) is 24.3 Å². The highest BCUT2D eigenvalue weighted by atomic mass is 16.5. The average molecular weight is 393 g/mol. The molecule has 0 unspecified atom stereocenters. The first kappa shape index (κ1) is 19.4. The van der Waals surface area contributed by atoms with Gasteiger partial charge in [0.15, 0.2) is 5.82 Å². The number of fused-ring (bicyclic) bond motifs is 1. The Hall–Kier alpha value is -2.96. The molecule has 7 nitrogen and oxygen atoms in total. The summed E-state index contributed by atoms with van der Waals surface area (Å²) < 4.78 is 7.07. The maximum absolute atomic E-state index is 12.3. The second kappa shape index (κ2) is 8.19. The van der Waals surface area contributed by atoms with E-state index >= 15 is 0 Å². The molecule has 2 heterocycles. The smallest absolute Gasteiger partial charge is 0.253 e. The van der Waals surface area contributed by atoms with Gasteiger partial charge in [-0.25, -0.2) is 9.50 Å². The summed E-state index contributed by atoms with van der Waals surface area (Å²) in [4.78, 5) is 21.6. The molecule has 1 saturated carbocycles. The molecule has 3 aromatic rings. The van der Waals surface area contributed by atoms with Crippen LogP contribution in [0, 0.1) is 13.8 Å². The Bertz CT molecular complexity index is 1040. The Kier molecular flexibility index (Phi) is 5.47. The van der Waals surface area contributed by atoms with Crippen LogP contribution in [0.25, 0.3) is 17.2 Å². The zero-order valence-electron chi connectivity index (χ0n) is 17.2. The van der Waals surface area contributed by atoms with Crippen molar-refractivity contribution in [3.63, 3.8) is 0 Å². The second-order valence-electron chi connectivity index (χ2n) is 7.69. The Balaban J connectivity index is 1.56. The first-order valence-corrected chi connectivity index (χ1v) is 10.2. The van der Waals surface area contributed by atoms with Gasteiger partial charge in [0.05, 0.1) is 7.11 Å². The molecule has 1 aromatic carbocycles. The van der Waals surface area contributed by atoms with Crippen molar-refractivity contribution in [2.24, 2.45) is 0 Å². The number of hydrogen-bond acceptors (Lipinski definition) is 5. The standard InChI is InChI=1S/C22H27N5O2/c1-14-19(11-12-20(28)24-17-8-4-5-9-17)15(2)27-22(23-14)25-21(26-27)16-7-6-10-18(13-16)29-3/h6-7,10,13,17H,4-5,8-9,11-12H2,1-3H3,(H,24,28). The predicted molar refractivity (Wildman–Crippen MR) is 111 cm³/mol. The average Bonchev–Trinajstić information content (AvgIpc) is 3.37. The lowest BCUT2D eigenvalue weighted by Crippen LogP contribution is -2.32. The SMILES string of the molecule is COc1cccc(-c2nc3nc(C)c(CCC(=O)NC4CCCC4)c(C)n3n2)c1. The zero-order valence-corrected chi connectivity index (χ0v) is 17.2. The molecule has 7 heteroatoms. The van der Waals surface area contributed by atoms with Gasteiger partial charge in [0.2, 0.25) is 5.91 Å². The monoisotopic (exact) mass is 393 g/mol. The molecule has 1 fully saturated rings. The quantitative estimate of drug-likeness (QED) is 0.694. The molecule has 1 N–H and O–H groups in total. The van der Waals surface area contributed by atoms with Crippen LogP contribution in [0.2, 0.25) is 0 Å². The van der Waals surface area contributed by atoms with E-state index in [-0.39, 0.29) is 5.91 Å². The lowest BCUT2D eigenvalue weighted by atomic mass is 10.1. The summed E-state index contributed by atoms with van der Waals surface area (Å²) in [6.45, 7) is 3.98. The molecule has 29 heavy (non-hydrogen) atoms. The highest BCUT2D eigenvalue weighted by Gasteiger charge is 2.19. The van der Waals surface area contributed by atoms with Crippen molar-refractivity contribution >= 4 is 11.7 Å². The van der Waals surface area contributed by atoms with E-state index in [9.17, 15) is 4.79 Å². The molecule has 0 saturated heterocycles. The van der Waals surface area contributed by atoms with Crippen LogP contribution in [0.5, 0.6) is 5.75 Å². The van der Waals surface area contributed by atoms with Crippen molar-refractivity contribution in [1.29, 1.82) is 0 Å². The minimum absolute atomic E-state index is 0.117. The third kappa shape index (κ3) is 4.09. The van der Waals surface area contributed by atoms with Gasteiger partial charge in [0.1, 0.15) is 5.75 Å². The van der Waals surface area contributed by atoms with Crippen molar-refractivity contribution in [2.45, 2.75) is 58.4 Å². The number of carbonyl (C=O) groups excluding carboxylic acids is 1. The fraction of sp³-hybridized carbons (Fsp3) is 0.455. The number of ether oxygens (including phenoxy) is 1. The minimum Gasteiger partial charge on any atom is -0.497 e. The van der Waals surface area contributed by atoms with Crippen molar-refractivity contribution < 1.29 is 9.53 Å². The van der Waals surface area contributed by atoms with E-state index in [1.54, 1.807) is 11.6 Å². The van der Waals surface area contributed by atoms with Gasteiger partial charge in [-0.05, 0) is 50.8 Å². The summed E-state index contributed by atoms with van der Waals surface area (Å²) in [7, 11) is 1.64.